The molecule has 0 bridgehead atoms. The molecule has 0 spiro atoms. The minimum Gasteiger partial charge on any atom is -0.454 e. The number of Topliss-reactive ketones (excluding diaryl/α,β-unsaturated/α-hetero) is 1. The molecule has 0 saturated carbocycles. The SMILES string of the molecule is CNC(=O)c1c(-c2ccc(C)cc2)oc2c1cc(-c1cccc(C(=O)CCC(F)(F)C(F)(F)C(F)(F)F)c1)c1[nH]ccc12. The quantitative estimate of drug-likeness (QED) is 0.137. The van der Waals surface area contributed by atoms with E-state index in [0.29, 0.717) is 44.3 Å². The molecule has 2 aromatic heterocycles. The third kappa shape index (κ3) is 5.15. The van der Waals surface area contributed by atoms with Crippen molar-refractivity contribution < 1.29 is 44.7 Å². The number of benzene rings is 3. The number of halogens is 7. The van der Waals surface area contributed by atoms with Crippen molar-refractivity contribution in [2.24, 2.45) is 0 Å². The topological polar surface area (TPSA) is 75.1 Å². The van der Waals surface area contributed by atoms with Crippen LogP contribution in [0.2, 0.25) is 0 Å². The second-order valence-electron chi connectivity index (χ2n) is 10.1. The number of nitrogens with one attached hydrogen (secondary N) is 2. The predicted octanol–water partition coefficient (Wildman–Crippen LogP) is 8.71. The highest BCUT2D eigenvalue weighted by Crippen LogP contribution is 2.48. The van der Waals surface area contributed by atoms with E-state index in [1.165, 1.54) is 25.2 Å². The summed E-state index contributed by atoms with van der Waals surface area (Å²) >= 11 is 0. The van der Waals surface area contributed by atoms with Crippen LogP contribution in [-0.2, 0) is 0 Å². The van der Waals surface area contributed by atoms with E-state index in [0.717, 1.165) is 5.56 Å². The van der Waals surface area contributed by atoms with Crippen molar-refractivity contribution in [3.05, 3.63) is 83.6 Å². The van der Waals surface area contributed by atoms with Crippen molar-refractivity contribution in [3.63, 3.8) is 0 Å². The molecule has 5 nitrogen and oxygen atoms in total. The zero-order valence-corrected chi connectivity index (χ0v) is 22.6. The van der Waals surface area contributed by atoms with Crippen molar-refractivity contribution in [3.8, 4) is 22.5 Å². The van der Waals surface area contributed by atoms with Gasteiger partial charge in [-0.2, -0.15) is 30.7 Å². The van der Waals surface area contributed by atoms with Gasteiger partial charge in [0, 0.05) is 53.5 Å². The van der Waals surface area contributed by atoms with Crippen molar-refractivity contribution in [1.82, 2.24) is 10.3 Å². The number of hydrogen-bond donors (Lipinski definition) is 2. The molecule has 0 aliphatic rings. The summed E-state index contributed by atoms with van der Waals surface area (Å²) in [6, 6.07) is 16.4. The zero-order valence-electron chi connectivity index (χ0n) is 22.6. The van der Waals surface area contributed by atoms with Crippen molar-refractivity contribution >= 4 is 33.6 Å². The monoisotopic (exact) mass is 604 g/mol. The third-order valence-electron chi connectivity index (χ3n) is 7.24. The van der Waals surface area contributed by atoms with Crippen molar-refractivity contribution in [2.75, 3.05) is 7.05 Å². The van der Waals surface area contributed by atoms with E-state index in [9.17, 15) is 40.3 Å². The molecule has 0 aliphatic carbocycles. The average Bonchev–Trinajstić information content (AvgIpc) is 3.60. The molecule has 0 radical (unpaired) electrons. The number of ketones is 1. The Kier molecular flexibility index (Phi) is 7.35. The van der Waals surface area contributed by atoms with E-state index < -0.39 is 42.6 Å². The molecule has 224 valence electrons. The standard InChI is InChI=1S/C31H23F7N2O3/c1-16-6-8-17(9-7-16)26-24(28(42)39-2)22-15-21(25-20(11-13-40-25)27(22)43-26)18-4-3-5-19(14-18)23(41)10-12-29(32,33)30(34,35)31(36,37)38/h3-9,11,13-15,40H,10,12H2,1-2H3,(H,39,42). The van der Waals surface area contributed by atoms with Gasteiger partial charge in [0.2, 0.25) is 0 Å². The third-order valence-corrected chi connectivity index (χ3v) is 7.24. The number of H-pyrrole nitrogens is 1. The Balaban J connectivity index is 1.57. The largest absolute Gasteiger partial charge is 0.459 e. The predicted molar refractivity (Wildman–Crippen MR) is 147 cm³/mol. The van der Waals surface area contributed by atoms with Gasteiger partial charge in [-0.15, -0.1) is 0 Å². The summed E-state index contributed by atoms with van der Waals surface area (Å²) in [6.07, 6.45) is -8.08. The van der Waals surface area contributed by atoms with Gasteiger partial charge in [-0.05, 0) is 30.7 Å². The molecule has 0 aliphatic heterocycles. The average molecular weight is 605 g/mol. The molecule has 2 N–H and O–H groups in total. The van der Waals surface area contributed by atoms with Crippen LogP contribution in [0.15, 0.2) is 71.3 Å². The lowest BCUT2D eigenvalue weighted by molar-refractivity contribution is -0.355. The van der Waals surface area contributed by atoms with E-state index >= 15 is 0 Å². The second kappa shape index (κ2) is 10.6. The number of furan rings is 1. The lowest BCUT2D eigenvalue weighted by Gasteiger charge is -2.27. The van der Waals surface area contributed by atoms with Gasteiger partial charge >= 0.3 is 18.0 Å². The van der Waals surface area contributed by atoms with Gasteiger partial charge in [-0.25, -0.2) is 0 Å². The Labute approximate surface area is 239 Å². The van der Waals surface area contributed by atoms with Crippen LogP contribution in [0.25, 0.3) is 44.3 Å². The maximum atomic E-state index is 13.8. The fourth-order valence-corrected chi connectivity index (χ4v) is 4.91. The molecule has 0 saturated heterocycles. The van der Waals surface area contributed by atoms with Crippen LogP contribution < -0.4 is 5.32 Å². The van der Waals surface area contributed by atoms with E-state index in [2.05, 4.69) is 10.3 Å². The number of carbonyl (C=O) groups is 2. The van der Waals surface area contributed by atoms with Crippen LogP contribution in [0, 0.1) is 6.92 Å². The Morgan fingerprint density at radius 2 is 1.58 bits per heavy atom. The maximum absolute atomic E-state index is 13.8. The molecule has 5 rings (SSSR count). The van der Waals surface area contributed by atoms with E-state index in [1.54, 1.807) is 24.4 Å². The lowest BCUT2D eigenvalue weighted by Crippen LogP contribution is -2.52. The highest BCUT2D eigenvalue weighted by atomic mass is 19.4. The van der Waals surface area contributed by atoms with Gasteiger partial charge in [0.25, 0.3) is 5.91 Å². The number of alkyl halides is 7. The number of fused-ring (bicyclic) bond motifs is 3. The first-order valence-corrected chi connectivity index (χ1v) is 13.0. The van der Waals surface area contributed by atoms with Crippen LogP contribution >= 0.6 is 0 Å². The van der Waals surface area contributed by atoms with Crippen LogP contribution in [0.1, 0.15) is 39.1 Å². The minimum absolute atomic E-state index is 0.164. The highest BCUT2D eigenvalue weighted by Gasteiger charge is 2.72. The molecule has 43 heavy (non-hydrogen) atoms. The number of rotatable bonds is 8. The number of aromatic amines is 1. The summed E-state index contributed by atoms with van der Waals surface area (Å²) in [5, 5.41) is 3.66. The fourth-order valence-electron chi connectivity index (χ4n) is 4.91. The Morgan fingerprint density at radius 1 is 0.884 bits per heavy atom. The molecular formula is C31H23F7N2O3. The molecule has 0 atom stereocenters. The smallest absolute Gasteiger partial charge is 0.454 e. The fraction of sp³-hybridized carbons (Fsp3) is 0.226. The van der Waals surface area contributed by atoms with Crippen LogP contribution in [0.5, 0.6) is 0 Å². The van der Waals surface area contributed by atoms with E-state index in [-0.39, 0.29) is 11.1 Å². The van der Waals surface area contributed by atoms with Gasteiger partial charge in [-0.3, -0.25) is 9.59 Å². The van der Waals surface area contributed by atoms with Gasteiger partial charge < -0.3 is 14.7 Å². The number of carbonyl (C=O) groups excluding carboxylic acids is 2. The summed E-state index contributed by atoms with van der Waals surface area (Å²) in [5.74, 6) is -12.9. The van der Waals surface area contributed by atoms with Gasteiger partial charge in [0.15, 0.2) is 5.78 Å². The summed E-state index contributed by atoms with van der Waals surface area (Å²) in [6.45, 7) is 1.92. The summed E-state index contributed by atoms with van der Waals surface area (Å²) < 4.78 is 98.0. The second-order valence-corrected chi connectivity index (χ2v) is 10.1. The van der Waals surface area contributed by atoms with Crippen LogP contribution in [-0.4, -0.2) is 41.7 Å². The number of amides is 1. The first kappa shape index (κ1) is 29.9. The number of aromatic nitrogens is 1. The first-order valence-electron chi connectivity index (χ1n) is 13.0. The lowest BCUT2D eigenvalue weighted by atomic mass is 9.94. The number of hydrogen-bond acceptors (Lipinski definition) is 3. The van der Waals surface area contributed by atoms with Gasteiger partial charge in [0.1, 0.15) is 11.3 Å². The molecule has 3 aromatic carbocycles. The highest BCUT2D eigenvalue weighted by molar-refractivity contribution is 6.19. The van der Waals surface area contributed by atoms with Crippen LogP contribution in [0.3, 0.4) is 0 Å². The maximum Gasteiger partial charge on any atom is 0.459 e. The van der Waals surface area contributed by atoms with Gasteiger partial charge in [0.05, 0.1) is 11.1 Å². The van der Waals surface area contributed by atoms with Crippen molar-refractivity contribution in [2.45, 2.75) is 37.8 Å². The summed E-state index contributed by atoms with van der Waals surface area (Å²) in [7, 11) is 1.47. The number of aryl methyl sites for hydroxylation is 1. The minimum atomic E-state index is -6.47. The van der Waals surface area contributed by atoms with E-state index in [1.807, 2.05) is 31.2 Å². The molecule has 2 heterocycles. The molecule has 5 aromatic rings. The molecule has 12 heteroatoms. The Hall–Kier alpha value is -4.61. The molecule has 0 unspecified atom stereocenters. The van der Waals surface area contributed by atoms with E-state index in [4.69, 9.17) is 4.42 Å². The summed E-state index contributed by atoms with van der Waals surface area (Å²) in [5.41, 5.74) is 3.62. The summed E-state index contributed by atoms with van der Waals surface area (Å²) in [4.78, 5) is 28.9. The Bertz CT molecular complexity index is 1850. The normalized spacial score (nSPS) is 12.7. The molecular weight excluding hydrogens is 581 g/mol. The van der Waals surface area contributed by atoms with Crippen LogP contribution in [0.4, 0.5) is 30.7 Å². The molecule has 0 fully saturated rings. The van der Waals surface area contributed by atoms with Gasteiger partial charge in [-0.1, -0.05) is 48.0 Å². The van der Waals surface area contributed by atoms with Crippen molar-refractivity contribution in [1.29, 1.82) is 0 Å². The zero-order chi connectivity index (χ0) is 31.3. The Morgan fingerprint density at radius 3 is 2.23 bits per heavy atom. The molecule has 1 amide bonds. The first-order chi connectivity index (χ1) is 20.2.